The fourth-order valence-electron chi connectivity index (χ4n) is 4.50. The second kappa shape index (κ2) is 9.98. The lowest BCUT2D eigenvalue weighted by Gasteiger charge is -2.34. The minimum absolute atomic E-state index is 0.0602. The summed E-state index contributed by atoms with van der Waals surface area (Å²) in [5.41, 5.74) is 2.21. The van der Waals surface area contributed by atoms with Crippen LogP contribution in [-0.2, 0) is 10.0 Å². The van der Waals surface area contributed by atoms with Crippen molar-refractivity contribution in [1.82, 2.24) is 9.21 Å². The monoisotopic (exact) mass is 531 g/mol. The number of ether oxygens (including phenoxy) is 1. The smallest absolute Gasteiger partial charge is 0.264 e. The molecule has 9 heteroatoms. The number of thiophene rings is 1. The van der Waals surface area contributed by atoms with E-state index in [0.717, 1.165) is 21.2 Å². The second-order valence-electron chi connectivity index (χ2n) is 9.04. The van der Waals surface area contributed by atoms with E-state index >= 15 is 0 Å². The molecule has 1 aliphatic rings. The molecule has 0 spiro atoms. The fraction of sp³-hybridized carbons (Fsp3) is 0.214. The molecule has 1 fully saturated rings. The third kappa shape index (κ3) is 5.09. The van der Waals surface area contributed by atoms with E-state index < -0.39 is 10.0 Å². The number of benzene rings is 3. The molecule has 4 aromatic rings. The number of hydrogen-bond donors (Lipinski definition) is 0. The quantitative estimate of drug-likeness (QED) is 0.347. The molecular formula is C28H25N3O4S2. The molecule has 0 unspecified atom stereocenters. The Balaban J connectivity index is 1.37. The number of sulfonamides is 1. The SMILES string of the molecule is Cc1cc(C)cc(Oc2ccc(C#N)cc2S(=O)(=O)N2CCN(C(=O)c3cc4ccccc4s3)CC2)c1. The summed E-state index contributed by atoms with van der Waals surface area (Å²) in [7, 11) is -3.98. The van der Waals surface area contributed by atoms with Crippen molar-refractivity contribution in [2.45, 2.75) is 18.7 Å². The van der Waals surface area contributed by atoms with Crippen LogP contribution in [0.5, 0.6) is 11.5 Å². The van der Waals surface area contributed by atoms with Crippen LogP contribution in [0.1, 0.15) is 26.4 Å². The summed E-state index contributed by atoms with van der Waals surface area (Å²) in [6, 6.07) is 21.8. The van der Waals surface area contributed by atoms with Gasteiger partial charge in [-0.05, 0) is 72.8 Å². The zero-order valence-corrected chi connectivity index (χ0v) is 22.1. The van der Waals surface area contributed by atoms with Crippen LogP contribution < -0.4 is 4.74 Å². The van der Waals surface area contributed by atoms with Crippen LogP contribution in [0.25, 0.3) is 10.1 Å². The van der Waals surface area contributed by atoms with Gasteiger partial charge >= 0.3 is 0 Å². The summed E-state index contributed by atoms with van der Waals surface area (Å²) in [5, 5.41) is 10.4. The van der Waals surface area contributed by atoms with Crippen molar-refractivity contribution in [3.8, 4) is 17.6 Å². The van der Waals surface area contributed by atoms with Crippen LogP contribution in [-0.4, -0.2) is 49.7 Å². The predicted molar refractivity (Wildman–Crippen MR) is 144 cm³/mol. The number of piperazine rings is 1. The summed E-state index contributed by atoms with van der Waals surface area (Å²) < 4.78 is 35.8. The van der Waals surface area contributed by atoms with Crippen molar-refractivity contribution < 1.29 is 17.9 Å². The van der Waals surface area contributed by atoms with E-state index in [2.05, 4.69) is 0 Å². The van der Waals surface area contributed by atoms with Gasteiger partial charge in [-0.25, -0.2) is 8.42 Å². The summed E-state index contributed by atoms with van der Waals surface area (Å²) in [4.78, 5) is 15.4. The predicted octanol–water partition coefficient (Wildman–Crippen LogP) is 5.33. The Morgan fingerprint density at radius 1 is 0.946 bits per heavy atom. The third-order valence-electron chi connectivity index (χ3n) is 6.28. The second-order valence-corrected chi connectivity index (χ2v) is 12.0. The van der Waals surface area contributed by atoms with Crippen LogP contribution in [0.3, 0.4) is 0 Å². The summed E-state index contributed by atoms with van der Waals surface area (Å²) in [6.07, 6.45) is 0. The van der Waals surface area contributed by atoms with Crippen LogP contribution in [0.2, 0.25) is 0 Å². The maximum absolute atomic E-state index is 13.7. The molecule has 5 rings (SSSR count). The van der Waals surface area contributed by atoms with Gasteiger partial charge in [-0.2, -0.15) is 9.57 Å². The number of aryl methyl sites for hydroxylation is 2. The van der Waals surface area contributed by atoms with Gasteiger partial charge in [0, 0.05) is 30.9 Å². The van der Waals surface area contributed by atoms with E-state index in [9.17, 15) is 18.5 Å². The van der Waals surface area contributed by atoms with Crippen LogP contribution in [0, 0.1) is 25.2 Å². The van der Waals surface area contributed by atoms with E-state index in [-0.39, 0.29) is 48.3 Å². The molecule has 2 heterocycles. The normalized spacial score (nSPS) is 14.5. The number of nitrogens with zero attached hydrogens (tertiary/aromatic N) is 3. The lowest BCUT2D eigenvalue weighted by molar-refractivity contribution is 0.0702. The van der Waals surface area contributed by atoms with Crippen molar-refractivity contribution in [1.29, 1.82) is 5.26 Å². The van der Waals surface area contributed by atoms with Gasteiger partial charge in [-0.1, -0.05) is 24.3 Å². The average Bonchev–Trinajstić information content (AvgIpc) is 3.32. The first-order chi connectivity index (χ1) is 17.7. The van der Waals surface area contributed by atoms with Gasteiger partial charge in [0.05, 0.1) is 16.5 Å². The Labute approximate surface area is 220 Å². The minimum atomic E-state index is -3.98. The molecule has 188 valence electrons. The largest absolute Gasteiger partial charge is 0.456 e. The molecule has 7 nitrogen and oxygen atoms in total. The molecule has 1 aliphatic heterocycles. The molecular weight excluding hydrogens is 506 g/mol. The number of carbonyl (C=O) groups excluding carboxylic acids is 1. The zero-order valence-electron chi connectivity index (χ0n) is 20.5. The van der Waals surface area contributed by atoms with E-state index in [0.29, 0.717) is 10.6 Å². The Hall–Kier alpha value is -3.71. The van der Waals surface area contributed by atoms with Crippen molar-refractivity contribution in [2.24, 2.45) is 0 Å². The summed E-state index contributed by atoms with van der Waals surface area (Å²) >= 11 is 1.44. The third-order valence-corrected chi connectivity index (χ3v) is 9.30. The number of rotatable bonds is 5. The fourth-order valence-corrected chi connectivity index (χ4v) is 7.09. The van der Waals surface area contributed by atoms with Crippen molar-refractivity contribution in [3.05, 3.63) is 88.3 Å². The first-order valence-electron chi connectivity index (χ1n) is 11.8. The number of nitriles is 1. The molecule has 0 saturated carbocycles. The van der Waals surface area contributed by atoms with Gasteiger partial charge in [-0.3, -0.25) is 4.79 Å². The van der Waals surface area contributed by atoms with Crippen LogP contribution >= 0.6 is 11.3 Å². The Morgan fingerprint density at radius 3 is 2.32 bits per heavy atom. The Morgan fingerprint density at radius 2 is 1.65 bits per heavy atom. The highest BCUT2D eigenvalue weighted by atomic mass is 32.2. The summed E-state index contributed by atoms with van der Waals surface area (Å²) in [6.45, 7) is 4.73. The number of amides is 1. The summed E-state index contributed by atoms with van der Waals surface area (Å²) in [5.74, 6) is 0.591. The van der Waals surface area contributed by atoms with E-state index in [1.54, 1.807) is 11.0 Å². The zero-order chi connectivity index (χ0) is 26.2. The van der Waals surface area contributed by atoms with E-state index in [1.807, 2.05) is 68.4 Å². The molecule has 3 aromatic carbocycles. The van der Waals surface area contributed by atoms with Gasteiger partial charge in [-0.15, -0.1) is 11.3 Å². The molecule has 1 saturated heterocycles. The van der Waals surface area contributed by atoms with Gasteiger partial charge in [0.1, 0.15) is 16.4 Å². The standard InChI is InChI=1S/C28H25N3O4S2/c1-19-13-20(2)15-23(14-19)35-24-8-7-21(18-29)16-27(24)37(33,34)31-11-9-30(10-12-31)28(32)26-17-22-5-3-4-6-25(22)36-26/h3-8,13-17H,9-12H2,1-2H3. The first-order valence-corrected chi connectivity index (χ1v) is 14.1. The van der Waals surface area contributed by atoms with Gasteiger partial charge in [0.2, 0.25) is 10.0 Å². The highest BCUT2D eigenvalue weighted by molar-refractivity contribution is 7.89. The molecule has 0 radical (unpaired) electrons. The molecule has 1 amide bonds. The number of hydrogen-bond acceptors (Lipinski definition) is 6. The number of fused-ring (bicyclic) bond motifs is 1. The van der Waals surface area contributed by atoms with Gasteiger partial charge in [0.25, 0.3) is 5.91 Å². The van der Waals surface area contributed by atoms with E-state index in [1.165, 1.54) is 27.8 Å². The molecule has 0 atom stereocenters. The lowest BCUT2D eigenvalue weighted by Crippen LogP contribution is -2.50. The van der Waals surface area contributed by atoms with E-state index in [4.69, 9.17) is 4.74 Å². The Bertz CT molecular complexity index is 1590. The van der Waals surface area contributed by atoms with Crippen molar-refractivity contribution >= 4 is 37.4 Å². The van der Waals surface area contributed by atoms with Gasteiger partial charge < -0.3 is 9.64 Å². The number of carbonyl (C=O) groups is 1. The minimum Gasteiger partial charge on any atom is -0.456 e. The highest BCUT2D eigenvalue weighted by Gasteiger charge is 2.33. The maximum atomic E-state index is 13.7. The first kappa shape index (κ1) is 25.0. The Kier molecular flexibility index (Phi) is 6.73. The van der Waals surface area contributed by atoms with Crippen molar-refractivity contribution in [2.75, 3.05) is 26.2 Å². The van der Waals surface area contributed by atoms with Crippen LogP contribution in [0.15, 0.2) is 71.6 Å². The van der Waals surface area contributed by atoms with Crippen molar-refractivity contribution in [3.63, 3.8) is 0 Å². The molecule has 1 aromatic heterocycles. The molecule has 0 N–H and O–H groups in total. The lowest BCUT2D eigenvalue weighted by atomic mass is 10.1. The average molecular weight is 532 g/mol. The maximum Gasteiger partial charge on any atom is 0.264 e. The van der Waals surface area contributed by atoms with Crippen LogP contribution in [0.4, 0.5) is 0 Å². The molecule has 0 aliphatic carbocycles. The topological polar surface area (TPSA) is 90.7 Å². The molecule has 0 bridgehead atoms. The van der Waals surface area contributed by atoms with Gasteiger partial charge in [0.15, 0.2) is 0 Å². The molecule has 37 heavy (non-hydrogen) atoms. The highest BCUT2D eigenvalue weighted by Crippen LogP contribution is 2.33.